The number of aromatic nitrogens is 8. The average molecular weight is 1350 g/mol. The lowest BCUT2D eigenvalue weighted by molar-refractivity contribution is 0.670. The van der Waals surface area contributed by atoms with E-state index in [9.17, 15) is 0 Å². The van der Waals surface area contributed by atoms with Gasteiger partial charge < -0.3 is 9.97 Å². The van der Waals surface area contributed by atoms with E-state index in [1.165, 1.54) is 144 Å². The molecule has 0 atom stereocenters. The van der Waals surface area contributed by atoms with Crippen LogP contribution in [0.3, 0.4) is 0 Å². The number of para-hydroxylation sites is 4. The molecule has 18 rings (SSSR count). The van der Waals surface area contributed by atoms with Gasteiger partial charge in [-0.15, -0.1) is 68.0 Å². The zero-order chi connectivity index (χ0) is 61.1. The van der Waals surface area contributed by atoms with E-state index < -0.39 is 0 Å². The molecular formula is C76H57BrN8S6. The Morgan fingerprint density at radius 3 is 1.25 bits per heavy atom. The van der Waals surface area contributed by atoms with Gasteiger partial charge in [-0.25, -0.2) is 0 Å². The fourth-order valence-electron chi connectivity index (χ4n) is 12.4. The van der Waals surface area contributed by atoms with Crippen molar-refractivity contribution >= 4 is 171 Å². The predicted molar refractivity (Wildman–Crippen MR) is 397 cm³/mol. The van der Waals surface area contributed by atoms with E-state index in [4.69, 9.17) is 9.97 Å². The van der Waals surface area contributed by atoms with Crippen LogP contribution in [0, 0.1) is 13.8 Å². The first-order chi connectivity index (χ1) is 44.7. The van der Waals surface area contributed by atoms with Gasteiger partial charge in [0.15, 0.2) is 0 Å². The molecule has 0 radical (unpaired) electrons. The number of pyridine rings is 4. The fraction of sp³-hybridized carbons (Fsp3) is 0.105. The Kier molecular flexibility index (Phi) is 15.5. The van der Waals surface area contributed by atoms with Crippen LogP contribution in [0.25, 0.3) is 149 Å². The van der Waals surface area contributed by atoms with Gasteiger partial charge in [-0.05, 0) is 164 Å². The maximum Gasteiger partial charge on any atom is 0.101 e. The number of nitrogens with zero attached hydrogens (tertiary/aromatic N) is 6. The summed E-state index contributed by atoms with van der Waals surface area (Å²) < 4.78 is 5.92. The van der Waals surface area contributed by atoms with Gasteiger partial charge in [0.2, 0.25) is 0 Å². The van der Waals surface area contributed by atoms with Crippen LogP contribution in [0.5, 0.6) is 0 Å². The van der Waals surface area contributed by atoms with Gasteiger partial charge in [-0.2, -0.15) is 0 Å². The zero-order valence-corrected chi connectivity index (χ0v) is 56.3. The van der Waals surface area contributed by atoms with E-state index in [2.05, 4.69) is 248 Å². The highest BCUT2D eigenvalue weighted by molar-refractivity contribution is 9.11. The first kappa shape index (κ1) is 57.5. The highest BCUT2D eigenvalue weighted by Crippen LogP contribution is 2.43. The molecule has 15 heteroatoms. The maximum atomic E-state index is 5.04. The second-order valence-corrected chi connectivity index (χ2v) is 31.1. The summed E-state index contributed by atoms with van der Waals surface area (Å²) in [5.74, 6) is 0. The smallest absolute Gasteiger partial charge is 0.101 e. The molecule has 0 saturated carbocycles. The second-order valence-electron chi connectivity index (χ2n) is 22.7. The van der Waals surface area contributed by atoms with Gasteiger partial charge in [-0.1, -0.05) is 99.0 Å². The molecular weight excluding hydrogens is 1300 g/mol. The summed E-state index contributed by atoms with van der Waals surface area (Å²) in [4.78, 5) is 38.4. The van der Waals surface area contributed by atoms with Crippen molar-refractivity contribution in [2.24, 2.45) is 0 Å². The van der Waals surface area contributed by atoms with Crippen LogP contribution in [-0.2, 0) is 6.42 Å². The largest absolute Gasteiger partial charge is 0.353 e. The van der Waals surface area contributed by atoms with Crippen molar-refractivity contribution < 1.29 is 0 Å². The molecule has 0 aliphatic rings. The first-order valence-electron chi connectivity index (χ1n) is 30.5. The van der Waals surface area contributed by atoms with E-state index >= 15 is 0 Å². The number of hydrogen-bond donors (Lipinski definition) is 2. The monoisotopic (exact) mass is 1350 g/mol. The molecule has 0 amide bonds. The van der Waals surface area contributed by atoms with E-state index in [-0.39, 0.29) is 0 Å². The van der Waals surface area contributed by atoms with Crippen LogP contribution in [0.4, 0.5) is 0 Å². The SMILES string of the molecule is CCCCCCc1ccc(-c2ccc(Br)s2)s1.Cc1ccc(-c2ccc(-n3c4ccccc4c4cc(-c5cc6c7ccccc7n(-c7ccc(-c8ccc(C)s8)s7)c6cn5)ncc43)s2)s1.c1ccc2c(c1)[nH]c1cnc(-c3cc4c(cn3)[nH]c3ccccc34)cc12. The normalized spacial score (nSPS) is 11.7. The molecule has 8 nitrogen and oxygen atoms in total. The zero-order valence-electron chi connectivity index (χ0n) is 49.8. The van der Waals surface area contributed by atoms with Crippen molar-refractivity contribution in [1.82, 2.24) is 39.0 Å². The summed E-state index contributed by atoms with van der Waals surface area (Å²) in [6, 6.07) is 69.3. The molecule has 0 saturated heterocycles. The summed E-state index contributed by atoms with van der Waals surface area (Å²) in [6.07, 6.45) is 14.5. The van der Waals surface area contributed by atoms with Gasteiger partial charge >= 0.3 is 0 Å². The maximum absolute atomic E-state index is 5.04. The molecule has 0 fully saturated rings. The van der Waals surface area contributed by atoms with Crippen LogP contribution in [0.15, 0.2) is 223 Å². The third kappa shape index (κ3) is 11.0. The number of aryl methyl sites for hydroxylation is 3. The number of H-pyrrole nitrogens is 2. The van der Waals surface area contributed by atoms with E-state index in [1.54, 1.807) is 0 Å². The minimum absolute atomic E-state index is 0.872. The van der Waals surface area contributed by atoms with Crippen LogP contribution in [0.1, 0.15) is 47.2 Å². The number of rotatable bonds is 12. The molecule has 2 N–H and O–H groups in total. The van der Waals surface area contributed by atoms with Crippen molar-refractivity contribution in [3.63, 3.8) is 0 Å². The van der Waals surface area contributed by atoms with Crippen molar-refractivity contribution in [3.05, 3.63) is 237 Å². The lowest BCUT2D eigenvalue weighted by Gasteiger charge is -2.06. The molecule has 4 aromatic carbocycles. The highest BCUT2D eigenvalue weighted by Gasteiger charge is 2.20. The Balaban J connectivity index is 0.000000128. The number of benzene rings is 4. The summed E-state index contributed by atoms with van der Waals surface area (Å²) in [5.41, 5.74) is 12.4. The van der Waals surface area contributed by atoms with Gasteiger partial charge in [0.05, 0.1) is 84.4 Å². The van der Waals surface area contributed by atoms with E-state index in [0.29, 0.717) is 0 Å². The van der Waals surface area contributed by atoms with Crippen molar-refractivity contribution in [2.75, 3.05) is 0 Å². The van der Waals surface area contributed by atoms with Crippen molar-refractivity contribution in [1.29, 1.82) is 0 Å². The molecule has 91 heavy (non-hydrogen) atoms. The highest BCUT2D eigenvalue weighted by atomic mass is 79.9. The molecule has 14 aromatic heterocycles. The number of thiophene rings is 6. The molecule has 444 valence electrons. The molecule has 18 aromatic rings. The minimum atomic E-state index is 0.872. The van der Waals surface area contributed by atoms with Gasteiger partial charge in [0.25, 0.3) is 0 Å². The van der Waals surface area contributed by atoms with Gasteiger partial charge in [0.1, 0.15) is 10.0 Å². The topological polar surface area (TPSA) is 93.0 Å². The molecule has 0 bridgehead atoms. The molecule has 0 spiro atoms. The van der Waals surface area contributed by atoms with E-state index in [0.717, 1.165) is 55.9 Å². The summed E-state index contributed by atoms with van der Waals surface area (Å²) in [7, 11) is 0. The lowest BCUT2D eigenvalue weighted by atomic mass is 10.1. The second kappa shape index (κ2) is 24.5. The van der Waals surface area contributed by atoms with Crippen LogP contribution in [-0.4, -0.2) is 39.0 Å². The summed E-state index contributed by atoms with van der Waals surface area (Å²) >= 11 is 14.6. The first-order valence-corrected chi connectivity index (χ1v) is 36.1. The number of nitrogens with one attached hydrogen (secondary N) is 2. The number of fused-ring (bicyclic) bond motifs is 12. The Labute approximate surface area is 557 Å². The van der Waals surface area contributed by atoms with Gasteiger partial charge in [0, 0.05) is 98.0 Å². The standard InChI is InChI=1S/C40H26N4S4.C22H14N4.C14H17BrS2/c1-23-11-13-35(45-23)37-15-17-39(47-37)43-31-9-5-3-7-25(31)27-19-29(41-21-33(27)43)30-20-28-26-8-4-6-10-32(26)44(34(28)22-42-30)40-18-16-38(48-40)36-14-12-24(2)46-36;1-3-7-17-13(5-1)15-9-19(23-11-21(15)25-17)20-10-16-14-6-2-4-8-18(14)26-22(16)12-24-20;1-2-3-4-5-6-11-7-8-12(16-11)13-9-10-14(15)17-13/h3-22H,1-2H3;1-12,25-26H;7-10H,2-6H2,1H3. The third-order valence-electron chi connectivity index (χ3n) is 16.8. The third-order valence-corrected chi connectivity index (χ3v) is 24.3. The molecule has 0 aliphatic heterocycles. The predicted octanol–water partition coefficient (Wildman–Crippen LogP) is 24.3. The fourth-order valence-corrected chi connectivity index (χ4v) is 18.9. The number of hydrogen-bond acceptors (Lipinski definition) is 10. The molecule has 0 unspecified atom stereocenters. The van der Waals surface area contributed by atoms with Crippen LogP contribution in [0.2, 0.25) is 0 Å². The van der Waals surface area contributed by atoms with Gasteiger partial charge in [-0.3, -0.25) is 29.1 Å². The minimum Gasteiger partial charge on any atom is -0.353 e. The molecule has 0 aliphatic carbocycles. The quantitative estimate of drug-likeness (QED) is 0.119. The number of aromatic amines is 2. The molecule has 14 heterocycles. The Hall–Kier alpha value is -8.64. The average Bonchev–Trinajstić information content (AvgIpc) is 1.62. The van der Waals surface area contributed by atoms with Crippen molar-refractivity contribution in [3.8, 4) is 62.0 Å². The summed E-state index contributed by atoms with van der Waals surface area (Å²) in [5, 5.41) is 11.9. The van der Waals surface area contributed by atoms with Crippen LogP contribution >= 0.6 is 84.0 Å². The number of unbranched alkanes of at least 4 members (excludes halogenated alkanes) is 3. The van der Waals surface area contributed by atoms with Crippen LogP contribution < -0.4 is 0 Å². The Bertz CT molecular complexity index is 5390. The van der Waals surface area contributed by atoms with E-state index in [1.807, 2.05) is 105 Å². The Morgan fingerprint density at radius 1 is 0.352 bits per heavy atom. The summed E-state index contributed by atoms with van der Waals surface area (Å²) in [6.45, 7) is 6.59. The lowest BCUT2D eigenvalue weighted by Crippen LogP contribution is -1.93. The Morgan fingerprint density at radius 2 is 0.769 bits per heavy atom. The number of halogens is 1. The van der Waals surface area contributed by atoms with Crippen molar-refractivity contribution in [2.45, 2.75) is 52.9 Å².